The van der Waals surface area contributed by atoms with Crippen LogP contribution in [0.25, 0.3) is 0 Å². The molecule has 2 fully saturated rings. The topological polar surface area (TPSA) is 55.8 Å². The van der Waals surface area contributed by atoms with E-state index in [4.69, 9.17) is 9.47 Å². The highest BCUT2D eigenvalue weighted by Gasteiger charge is 2.34. The molecular weight excluding hydrogens is 234 g/mol. The van der Waals surface area contributed by atoms with Crippen molar-refractivity contribution in [1.82, 2.24) is 4.90 Å². The normalized spacial score (nSPS) is 28.2. The van der Waals surface area contributed by atoms with Crippen molar-refractivity contribution in [3.8, 4) is 0 Å². The lowest BCUT2D eigenvalue weighted by molar-refractivity contribution is -0.153. The summed E-state index contributed by atoms with van der Waals surface area (Å²) in [6.45, 7) is 4.09. The second-order valence-corrected chi connectivity index (χ2v) is 4.88. The van der Waals surface area contributed by atoms with E-state index in [1.807, 2.05) is 0 Å². The first kappa shape index (κ1) is 13.3. The third-order valence-corrected chi connectivity index (χ3v) is 3.56. The van der Waals surface area contributed by atoms with Crippen LogP contribution in [0.1, 0.15) is 32.6 Å². The summed E-state index contributed by atoms with van der Waals surface area (Å²) >= 11 is 0. The molecule has 0 bridgehead atoms. The zero-order chi connectivity index (χ0) is 13.0. The van der Waals surface area contributed by atoms with Crippen molar-refractivity contribution < 1.29 is 19.1 Å². The molecule has 1 amide bonds. The maximum absolute atomic E-state index is 12.2. The highest BCUT2D eigenvalue weighted by molar-refractivity contribution is 5.82. The first-order chi connectivity index (χ1) is 8.72. The predicted molar refractivity (Wildman–Crippen MR) is 64.9 cm³/mol. The number of hydrogen-bond donors (Lipinski definition) is 0. The van der Waals surface area contributed by atoms with E-state index in [0.29, 0.717) is 19.8 Å². The van der Waals surface area contributed by atoms with Gasteiger partial charge in [-0.3, -0.25) is 9.59 Å². The summed E-state index contributed by atoms with van der Waals surface area (Å²) in [7, 11) is 0. The van der Waals surface area contributed by atoms with Crippen molar-refractivity contribution >= 4 is 11.9 Å². The zero-order valence-electron chi connectivity index (χ0n) is 10.9. The van der Waals surface area contributed by atoms with Gasteiger partial charge in [0.2, 0.25) is 0 Å². The van der Waals surface area contributed by atoms with Gasteiger partial charge in [0, 0.05) is 19.7 Å². The van der Waals surface area contributed by atoms with Crippen LogP contribution in [0.5, 0.6) is 0 Å². The van der Waals surface area contributed by atoms with Gasteiger partial charge in [-0.15, -0.1) is 0 Å². The van der Waals surface area contributed by atoms with Gasteiger partial charge in [-0.1, -0.05) is 0 Å². The summed E-state index contributed by atoms with van der Waals surface area (Å²) in [5, 5.41) is 0. The molecule has 2 aliphatic heterocycles. The highest BCUT2D eigenvalue weighted by Crippen LogP contribution is 2.21. The Hall–Kier alpha value is -1.10. The first-order valence-electron chi connectivity index (χ1n) is 6.79. The molecule has 0 aromatic rings. The van der Waals surface area contributed by atoms with Gasteiger partial charge in [0.1, 0.15) is 6.10 Å². The average Bonchev–Trinajstić information content (AvgIpc) is 2.92. The fourth-order valence-electron chi connectivity index (χ4n) is 2.61. The van der Waals surface area contributed by atoms with Crippen molar-refractivity contribution in [3.05, 3.63) is 0 Å². The molecule has 2 heterocycles. The zero-order valence-corrected chi connectivity index (χ0v) is 10.9. The fraction of sp³-hybridized carbons (Fsp3) is 0.846. The number of carbonyl (C=O) groups is 2. The molecule has 0 spiro atoms. The average molecular weight is 255 g/mol. The number of esters is 1. The lowest BCUT2D eigenvalue weighted by Crippen LogP contribution is -2.46. The minimum absolute atomic E-state index is 0.0431. The van der Waals surface area contributed by atoms with Crippen LogP contribution in [0, 0.1) is 5.92 Å². The number of likely N-dealkylation sites (tertiary alicyclic amines) is 1. The van der Waals surface area contributed by atoms with Crippen molar-refractivity contribution in [2.75, 3.05) is 26.3 Å². The van der Waals surface area contributed by atoms with Crippen molar-refractivity contribution in [3.63, 3.8) is 0 Å². The minimum Gasteiger partial charge on any atom is -0.466 e. The molecule has 2 rings (SSSR count). The van der Waals surface area contributed by atoms with E-state index >= 15 is 0 Å². The molecule has 2 unspecified atom stereocenters. The molecule has 2 aliphatic rings. The third-order valence-electron chi connectivity index (χ3n) is 3.56. The molecule has 0 aliphatic carbocycles. The van der Waals surface area contributed by atoms with Crippen molar-refractivity contribution in [2.45, 2.75) is 38.7 Å². The van der Waals surface area contributed by atoms with E-state index in [1.54, 1.807) is 11.8 Å². The molecule has 0 saturated carbocycles. The number of rotatable bonds is 3. The number of amides is 1. The van der Waals surface area contributed by atoms with E-state index in [9.17, 15) is 9.59 Å². The second kappa shape index (κ2) is 6.18. The minimum atomic E-state index is -0.286. The lowest BCUT2D eigenvalue weighted by atomic mass is 9.97. The molecule has 0 N–H and O–H groups in total. The molecule has 0 radical (unpaired) electrons. The summed E-state index contributed by atoms with van der Waals surface area (Å²) in [5.41, 5.74) is 0. The lowest BCUT2D eigenvalue weighted by Gasteiger charge is -2.32. The van der Waals surface area contributed by atoms with Crippen LogP contribution >= 0.6 is 0 Å². The van der Waals surface area contributed by atoms with Gasteiger partial charge >= 0.3 is 5.97 Å². The van der Waals surface area contributed by atoms with Crippen LogP contribution in [0.3, 0.4) is 0 Å². The Bertz CT molecular complexity index is 312. The summed E-state index contributed by atoms with van der Waals surface area (Å²) in [5.74, 6) is -0.298. The number of piperidine rings is 1. The van der Waals surface area contributed by atoms with Gasteiger partial charge in [-0.25, -0.2) is 0 Å². The molecule has 5 heteroatoms. The highest BCUT2D eigenvalue weighted by atomic mass is 16.5. The molecule has 0 aromatic heterocycles. The van der Waals surface area contributed by atoms with Gasteiger partial charge in [0.05, 0.1) is 12.5 Å². The molecule has 2 saturated heterocycles. The second-order valence-electron chi connectivity index (χ2n) is 4.88. The molecule has 18 heavy (non-hydrogen) atoms. The van der Waals surface area contributed by atoms with Crippen LogP contribution in [0.15, 0.2) is 0 Å². The molecule has 0 aromatic carbocycles. The maximum Gasteiger partial charge on any atom is 0.310 e. The van der Waals surface area contributed by atoms with E-state index in [-0.39, 0.29) is 23.9 Å². The van der Waals surface area contributed by atoms with E-state index in [0.717, 1.165) is 32.2 Å². The standard InChI is InChI=1S/C13H21NO4/c1-2-17-13(16)10-5-3-7-14(9-10)12(15)11-6-4-8-18-11/h10-11H,2-9H2,1H3. The Morgan fingerprint density at radius 1 is 1.33 bits per heavy atom. The summed E-state index contributed by atoms with van der Waals surface area (Å²) in [6, 6.07) is 0. The monoisotopic (exact) mass is 255 g/mol. The predicted octanol–water partition coefficient (Wildman–Crippen LogP) is 0.967. The van der Waals surface area contributed by atoms with Crippen LogP contribution in [-0.4, -0.2) is 49.2 Å². The summed E-state index contributed by atoms with van der Waals surface area (Å²) in [4.78, 5) is 25.6. The SMILES string of the molecule is CCOC(=O)C1CCCN(C(=O)C2CCCO2)C1. The Morgan fingerprint density at radius 3 is 2.83 bits per heavy atom. The third kappa shape index (κ3) is 3.02. The number of ether oxygens (including phenoxy) is 2. The Morgan fingerprint density at radius 2 is 2.17 bits per heavy atom. The van der Waals surface area contributed by atoms with Crippen LogP contribution in [0.4, 0.5) is 0 Å². The van der Waals surface area contributed by atoms with E-state index in [1.165, 1.54) is 0 Å². The number of hydrogen-bond acceptors (Lipinski definition) is 4. The maximum atomic E-state index is 12.2. The van der Waals surface area contributed by atoms with E-state index < -0.39 is 0 Å². The van der Waals surface area contributed by atoms with Gasteiger partial charge in [0.25, 0.3) is 5.91 Å². The van der Waals surface area contributed by atoms with Crippen LogP contribution in [-0.2, 0) is 19.1 Å². The Labute approximate surface area is 107 Å². The smallest absolute Gasteiger partial charge is 0.310 e. The summed E-state index contributed by atoms with van der Waals surface area (Å²) in [6.07, 6.45) is 3.15. The van der Waals surface area contributed by atoms with Crippen LogP contribution < -0.4 is 0 Å². The number of carbonyl (C=O) groups excluding carboxylic acids is 2. The first-order valence-corrected chi connectivity index (χ1v) is 6.79. The quantitative estimate of drug-likeness (QED) is 0.705. The molecular formula is C13H21NO4. The van der Waals surface area contributed by atoms with E-state index in [2.05, 4.69) is 0 Å². The Balaban J connectivity index is 1.89. The van der Waals surface area contributed by atoms with Crippen LogP contribution in [0.2, 0.25) is 0 Å². The van der Waals surface area contributed by atoms with Gasteiger partial charge in [-0.05, 0) is 32.6 Å². The summed E-state index contributed by atoms with van der Waals surface area (Å²) < 4.78 is 10.4. The van der Waals surface area contributed by atoms with Crippen molar-refractivity contribution in [2.24, 2.45) is 5.92 Å². The molecule has 102 valence electrons. The number of nitrogens with zero attached hydrogens (tertiary/aromatic N) is 1. The molecule has 2 atom stereocenters. The fourth-order valence-corrected chi connectivity index (χ4v) is 2.61. The van der Waals surface area contributed by atoms with Gasteiger partial charge in [-0.2, -0.15) is 0 Å². The van der Waals surface area contributed by atoms with Crippen molar-refractivity contribution in [1.29, 1.82) is 0 Å². The largest absolute Gasteiger partial charge is 0.466 e. The molecule has 5 nitrogen and oxygen atoms in total. The van der Waals surface area contributed by atoms with Gasteiger partial charge in [0.15, 0.2) is 0 Å². The Kier molecular flexibility index (Phi) is 4.58. The van der Waals surface area contributed by atoms with Gasteiger partial charge < -0.3 is 14.4 Å².